The number of hydrogen-bond donors (Lipinski definition) is 2. The lowest BCUT2D eigenvalue weighted by Crippen LogP contribution is -2.38. The van der Waals surface area contributed by atoms with Gasteiger partial charge in [0.25, 0.3) is 0 Å². The fourth-order valence-electron chi connectivity index (χ4n) is 0.913. The molecule has 0 heterocycles. The van der Waals surface area contributed by atoms with Crippen molar-refractivity contribution in [3.05, 3.63) is 0 Å². The summed E-state index contributed by atoms with van der Waals surface area (Å²) in [6.45, 7) is 5.58. The molecular weight excluding hydrogens is 212 g/mol. The second-order valence-electron chi connectivity index (χ2n) is 4.35. The molecule has 0 saturated heterocycles. The molecule has 0 saturated carbocycles. The van der Waals surface area contributed by atoms with E-state index in [2.05, 4.69) is 10.1 Å². The second-order valence-corrected chi connectivity index (χ2v) is 4.35. The Morgan fingerprint density at radius 2 is 1.94 bits per heavy atom. The Morgan fingerprint density at radius 3 is 2.38 bits per heavy atom. The molecule has 0 aliphatic rings. The summed E-state index contributed by atoms with van der Waals surface area (Å²) in [7, 11) is 1.27. The number of ether oxygens (including phenoxy) is 2. The lowest BCUT2D eigenvalue weighted by molar-refractivity contribution is -0.142. The third-order valence-electron chi connectivity index (χ3n) is 1.63. The largest absolute Gasteiger partial charge is 0.468 e. The van der Waals surface area contributed by atoms with Crippen molar-refractivity contribution in [1.82, 2.24) is 5.32 Å². The molecule has 0 aromatic rings. The van der Waals surface area contributed by atoms with Gasteiger partial charge in [-0.1, -0.05) is 0 Å². The first kappa shape index (κ1) is 14.7. The zero-order chi connectivity index (χ0) is 12.8. The first-order chi connectivity index (χ1) is 7.26. The molecule has 94 valence electrons. The molecule has 0 fully saturated rings. The molecule has 0 aromatic heterocycles. The Hall–Kier alpha value is -1.30. The smallest absolute Gasteiger partial charge is 0.407 e. The number of alkyl carbamates (subject to hydrolysis) is 1. The topological polar surface area (TPSA) is 90.6 Å². The summed E-state index contributed by atoms with van der Waals surface area (Å²) in [5, 5.41) is 2.50. The highest BCUT2D eigenvalue weighted by atomic mass is 16.6. The summed E-state index contributed by atoms with van der Waals surface area (Å²) < 4.78 is 9.44. The molecule has 0 aliphatic carbocycles. The van der Waals surface area contributed by atoms with Crippen LogP contribution in [-0.4, -0.2) is 37.4 Å². The van der Waals surface area contributed by atoms with Gasteiger partial charge in [-0.25, -0.2) is 4.79 Å². The fraction of sp³-hybridized carbons (Fsp3) is 0.800. The zero-order valence-corrected chi connectivity index (χ0v) is 10.2. The van der Waals surface area contributed by atoms with Crippen LogP contribution >= 0.6 is 0 Å². The Bertz CT molecular complexity index is 248. The Kier molecular flexibility index (Phi) is 5.81. The maximum atomic E-state index is 11.2. The molecule has 6 nitrogen and oxygen atoms in total. The number of esters is 1. The summed E-state index contributed by atoms with van der Waals surface area (Å²) in [5.74, 6) is -0.494. The predicted octanol–water partition coefficient (Wildman–Crippen LogP) is 0.401. The molecule has 0 bridgehead atoms. The molecule has 0 spiro atoms. The van der Waals surface area contributed by atoms with E-state index in [0.717, 1.165) is 0 Å². The molecular formula is C10H20N2O4. The van der Waals surface area contributed by atoms with Gasteiger partial charge in [0.2, 0.25) is 0 Å². The van der Waals surface area contributed by atoms with Crippen LogP contribution in [0.4, 0.5) is 4.79 Å². The van der Waals surface area contributed by atoms with Gasteiger partial charge in [-0.3, -0.25) is 4.79 Å². The van der Waals surface area contributed by atoms with Gasteiger partial charge in [0.15, 0.2) is 0 Å². The third-order valence-corrected chi connectivity index (χ3v) is 1.63. The number of carbonyl (C=O) groups excluding carboxylic acids is 2. The van der Waals surface area contributed by atoms with Crippen molar-refractivity contribution in [2.45, 2.75) is 38.8 Å². The minimum absolute atomic E-state index is 0.269. The van der Waals surface area contributed by atoms with E-state index >= 15 is 0 Å². The highest BCUT2D eigenvalue weighted by molar-refractivity contribution is 5.75. The van der Waals surface area contributed by atoms with Crippen LogP contribution in [0, 0.1) is 0 Å². The number of hydrogen-bond acceptors (Lipinski definition) is 5. The molecule has 1 amide bonds. The SMILES string of the molecule is COC(=O)[C@@H](N)CCNC(=O)OC(C)(C)C. The monoisotopic (exact) mass is 232 g/mol. The molecule has 0 aliphatic heterocycles. The van der Waals surface area contributed by atoms with Crippen molar-refractivity contribution in [2.75, 3.05) is 13.7 Å². The molecule has 0 aromatic carbocycles. The van der Waals surface area contributed by atoms with Crippen LogP contribution in [0.1, 0.15) is 27.2 Å². The van der Waals surface area contributed by atoms with E-state index in [9.17, 15) is 9.59 Å². The Labute approximate surface area is 95.5 Å². The van der Waals surface area contributed by atoms with Gasteiger partial charge in [-0.15, -0.1) is 0 Å². The first-order valence-electron chi connectivity index (χ1n) is 5.06. The van der Waals surface area contributed by atoms with Crippen LogP contribution in [0.15, 0.2) is 0 Å². The normalized spacial score (nSPS) is 12.8. The molecule has 6 heteroatoms. The van der Waals surface area contributed by atoms with Crippen molar-refractivity contribution < 1.29 is 19.1 Å². The van der Waals surface area contributed by atoms with Gasteiger partial charge in [-0.05, 0) is 27.2 Å². The van der Waals surface area contributed by atoms with Gasteiger partial charge < -0.3 is 20.5 Å². The third kappa shape index (κ3) is 7.05. The van der Waals surface area contributed by atoms with Crippen LogP contribution in [0.5, 0.6) is 0 Å². The van der Waals surface area contributed by atoms with Gasteiger partial charge in [-0.2, -0.15) is 0 Å². The minimum Gasteiger partial charge on any atom is -0.468 e. The average molecular weight is 232 g/mol. The Morgan fingerprint density at radius 1 is 1.38 bits per heavy atom. The van der Waals surface area contributed by atoms with E-state index in [-0.39, 0.29) is 6.54 Å². The average Bonchev–Trinajstić information content (AvgIpc) is 2.13. The number of nitrogens with one attached hydrogen (secondary N) is 1. The number of carbonyl (C=O) groups is 2. The summed E-state index contributed by atoms with van der Waals surface area (Å²) in [6, 6.07) is -0.722. The van der Waals surface area contributed by atoms with Gasteiger partial charge in [0, 0.05) is 6.54 Å². The van der Waals surface area contributed by atoms with Gasteiger partial charge in [0.05, 0.1) is 7.11 Å². The number of methoxy groups -OCH3 is 1. The molecule has 0 radical (unpaired) electrons. The van der Waals surface area contributed by atoms with Crippen molar-refractivity contribution in [2.24, 2.45) is 5.73 Å². The molecule has 1 atom stereocenters. The first-order valence-corrected chi connectivity index (χ1v) is 5.06. The summed E-state index contributed by atoms with van der Waals surface area (Å²) in [4.78, 5) is 22.1. The van der Waals surface area contributed by atoms with E-state index < -0.39 is 23.7 Å². The van der Waals surface area contributed by atoms with Crippen molar-refractivity contribution >= 4 is 12.1 Å². The highest BCUT2D eigenvalue weighted by Crippen LogP contribution is 2.06. The second kappa shape index (κ2) is 6.32. The quantitative estimate of drug-likeness (QED) is 0.685. The van der Waals surface area contributed by atoms with E-state index in [4.69, 9.17) is 10.5 Å². The van der Waals surface area contributed by atoms with E-state index in [1.54, 1.807) is 20.8 Å². The van der Waals surface area contributed by atoms with Crippen LogP contribution in [0.2, 0.25) is 0 Å². The van der Waals surface area contributed by atoms with Gasteiger partial charge >= 0.3 is 12.1 Å². The highest BCUT2D eigenvalue weighted by Gasteiger charge is 2.17. The molecule has 3 N–H and O–H groups in total. The number of amides is 1. The fourth-order valence-corrected chi connectivity index (χ4v) is 0.913. The lowest BCUT2D eigenvalue weighted by Gasteiger charge is -2.19. The maximum absolute atomic E-state index is 11.2. The lowest BCUT2D eigenvalue weighted by atomic mass is 10.2. The number of nitrogens with two attached hydrogens (primary N) is 1. The van der Waals surface area contributed by atoms with Crippen molar-refractivity contribution in [3.63, 3.8) is 0 Å². The summed E-state index contributed by atoms with van der Waals surface area (Å²) in [6.07, 6.45) is -0.212. The zero-order valence-electron chi connectivity index (χ0n) is 10.2. The van der Waals surface area contributed by atoms with Crippen LogP contribution < -0.4 is 11.1 Å². The molecule has 0 rings (SSSR count). The van der Waals surface area contributed by atoms with Crippen molar-refractivity contribution in [3.8, 4) is 0 Å². The predicted molar refractivity (Wildman–Crippen MR) is 58.8 cm³/mol. The van der Waals surface area contributed by atoms with Crippen LogP contribution in [0.25, 0.3) is 0 Å². The Balaban J connectivity index is 3.74. The number of rotatable bonds is 4. The van der Waals surface area contributed by atoms with Crippen LogP contribution in [0.3, 0.4) is 0 Å². The van der Waals surface area contributed by atoms with E-state index in [1.807, 2.05) is 0 Å². The van der Waals surface area contributed by atoms with E-state index in [1.165, 1.54) is 7.11 Å². The van der Waals surface area contributed by atoms with Crippen LogP contribution in [-0.2, 0) is 14.3 Å². The standard InChI is InChI=1S/C10H20N2O4/c1-10(2,3)16-9(14)12-6-5-7(11)8(13)15-4/h7H,5-6,11H2,1-4H3,(H,12,14)/t7-/m0/s1. The van der Waals surface area contributed by atoms with Gasteiger partial charge in [0.1, 0.15) is 11.6 Å². The molecule has 0 unspecified atom stereocenters. The van der Waals surface area contributed by atoms with E-state index in [0.29, 0.717) is 6.42 Å². The molecule has 16 heavy (non-hydrogen) atoms. The summed E-state index contributed by atoms with van der Waals surface area (Å²) in [5.41, 5.74) is 4.94. The van der Waals surface area contributed by atoms with Crippen molar-refractivity contribution in [1.29, 1.82) is 0 Å². The summed E-state index contributed by atoms with van der Waals surface area (Å²) >= 11 is 0. The maximum Gasteiger partial charge on any atom is 0.407 e. The minimum atomic E-state index is -0.722.